The Hall–Kier alpha value is -1.86. The Morgan fingerprint density at radius 2 is 1.95 bits per heavy atom. The van der Waals surface area contributed by atoms with Gasteiger partial charge in [0.15, 0.2) is 0 Å². The van der Waals surface area contributed by atoms with Crippen LogP contribution in [0.5, 0.6) is 0 Å². The number of methoxy groups -OCH3 is 1. The minimum atomic E-state index is -0.945. The number of nitrogens with zero attached hydrogens (tertiary/aromatic N) is 1. The lowest BCUT2D eigenvalue weighted by Crippen LogP contribution is -2.44. The van der Waals surface area contributed by atoms with E-state index in [9.17, 15) is 19.7 Å². The fourth-order valence-electron chi connectivity index (χ4n) is 1.27. The second-order valence-corrected chi connectivity index (χ2v) is 4.92. The van der Waals surface area contributed by atoms with Gasteiger partial charge in [0.2, 0.25) is 6.54 Å². The molecule has 1 atom stereocenters. The summed E-state index contributed by atoms with van der Waals surface area (Å²) in [5.41, 5.74) is -0.689. The smallest absolute Gasteiger partial charge is 0.408 e. The summed E-state index contributed by atoms with van der Waals surface area (Å²) in [4.78, 5) is 32.7. The molecule has 1 amide bonds. The first-order chi connectivity index (χ1) is 8.65. The van der Waals surface area contributed by atoms with Gasteiger partial charge in [-0.25, -0.2) is 9.59 Å². The average molecular weight is 276 g/mol. The van der Waals surface area contributed by atoms with Crippen LogP contribution in [0, 0.1) is 10.1 Å². The van der Waals surface area contributed by atoms with Gasteiger partial charge in [0.05, 0.1) is 7.11 Å². The van der Waals surface area contributed by atoms with E-state index >= 15 is 0 Å². The van der Waals surface area contributed by atoms with Gasteiger partial charge in [-0.1, -0.05) is 0 Å². The molecule has 8 heteroatoms. The van der Waals surface area contributed by atoms with Crippen molar-refractivity contribution in [3.8, 4) is 0 Å². The topological polar surface area (TPSA) is 108 Å². The summed E-state index contributed by atoms with van der Waals surface area (Å²) in [6.07, 6.45) is -0.487. The molecule has 0 fully saturated rings. The first-order valence-corrected chi connectivity index (χ1v) is 5.85. The lowest BCUT2D eigenvalue weighted by molar-refractivity contribution is -0.480. The molecule has 0 aromatic carbocycles. The third-order valence-corrected chi connectivity index (χ3v) is 2.01. The molecule has 0 aliphatic rings. The molecular weight excluding hydrogens is 256 g/mol. The molecule has 0 spiro atoms. The van der Waals surface area contributed by atoms with E-state index in [1.807, 2.05) is 0 Å². The molecule has 0 aliphatic heterocycles. The van der Waals surface area contributed by atoms with Gasteiger partial charge in [0.25, 0.3) is 0 Å². The van der Waals surface area contributed by atoms with Gasteiger partial charge in [-0.2, -0.15) is 0 Å². The highest BCUT2D eigenvalue weighted by atomic mass is 16.6. The van der Waals surface area contributed by atoms with Gasteiger partial charge in [-0.05, 0) is 27.2 Å². The van der Waals surface area contributed by atoms with E-state index in [0.29, 0.717) is 0 Å². The number of ether oxygens (including phenoxy) is 2. The van der Waals surface area contributed by atoms with Gasteiger partial charge in [0, 0.05) is 11.3 Å². The predicted octanol–water partition coefficient (Wildman–Crippen LogP) is 1.11. The van der Waals surface area contributed by atoms with Gasteiger partial charge in [0.1, 0.15) is 11.6 Å². The van der Waals surface area contributed by atoms with Crippen molar-refractivity contribution in [1.29, 1.82) is 0 Å². The largest absolute Gasteiger partial charge is 0.467 e. The van der Waals surface area contributed by atoms with Crippen LogP contribution in [0.4, 0.5) is 4.79 Å². The van der Waals surface area contributed by atoms with E-state index in [4.69, 9.17) is 4.74 Å². The van der Waals surface area contributed by atoms with Crippen molar-refractivity contribution in [3.63, 3.8) is 0 Å². The summed E-state index contributed by atoms with van der Waals surface area (Å²) < 4.78 is 9.52. The molecule has 0 radical (unpaired) electrons. The van der Waals surface area contributed by atoms with Crippen molar-refractivity contribution in [1.82, 2.24) is 5.32 Å². The Morgan fingerprint density at radius 3 is 2.37 bits per heavy atom. The van der Waals surface area contributed by atoms with E-state index < -0.39 is 28.6 Å². The number of esters is 1. The molecule has 110 valence electrons. The molecular formula is C11H20N2O6. The Morgan fingerprint density at radius 1 is 1.37 bits per heavy atom. The van der Waals surface area contributed by atoms with Gasteiger partial charge < -0.3 is 14.8 Å². The first-order valence-electron chi connectivity index (χ1n) is 5.85. The lowest BCUT2D eigenvalue weighted by atomic mass is 10.1. The van der Waals surface area contributed by atoms with Crippen LogP contribution in [-0.2, 0) is 14.3 Å². The summed E-state index contributed by atoms with van der Waals surface area (Å²) in [7, 11) is 1.18. The minimum Gasteiger partial charge on any atom is -0.467 e. The maximum Gasteiger partial charge on any atom is 0.408 e. The van der Waals surface area contributed by atoms with Crippen LogP contribution in [0.3, 0.4) is 0 Å². The molecule has 0 bridgehead atoms. The monoisotopic (exact) mass is 276 g/mol. The Balaban J connectivity index is 4.39. The van der Waals surface area contributed by atoms with Crippen LogP contribution in [0.25, 0.3) is 0 Å². The fraction of sp³-hybridized carbons (Fsp3) is 0.818. The Labute approximate surface area is 111 Å². The third kappa shape index (κ3) is 8.81. The third-order valence-electron chi connectivity index (χ3n) is 2.01. The van der Waals surface area contributed by atoms with E-state index in [2.05, 4.69) is 10.1 Å². The zero-order chi connectivity index (χ0) is 15.1. The Bertz CT molecular complexity index is 337. The molecule has 0 saturated heterocycles. The van der Waals surface area contributed by atoms with Crippen LogP contribution in [0.1, 0.15) is 33.6 Å². The number of hydrogen-bond acceptors (Lipinski definition) is 6. The summed E-state index contributed by atoms with van der Waals surface area (Å²) in [6, 6.07) is -0.945. The molecule has 0 rings (SSSR count). The second kappa shape index (κ2) is 7.55. The molecule has 0 heterocycles. The van der Waals surface area contributed by atoms with Crippen molar-refractivity contribution >= 4 is 12.1 Å². The summed E-state index contributed by atoms with van der Waals surface area (Å²) in [5, 5.41) is 12.5. The molecule has 0 aromatic heterocycles. The molecule has 0 saturated carbocycles. The highest BCUT2D eigenvalue weighted by Gasteiger charge is 2.25. The number of nitro groups is 1. The fourth-order valence-corrected chi connectivity index (χ4v) is 1.27. The number of carbonyl (C=O) groups is 2. The first kappa shape index (κ1) is 17.1. The molecule has 0 aromatic rings. The van der Waals surface area contributed by atoms with Crippen LogP contribution in [0.15, 0.2) is 0 Å². The SMILES string of the molecule is COC(=O)[C@@H](CCC[N+](=O)[O-])NC(=O)OC(C)(C)C. The molecule has 0 unspecified atom stereocenters. The van der Waals surface area contributed by atoms with E-state index in [0.717, 1.165) is 0 Å². The number of rotatable bonds is 6. The minimum absolute atomic E-state index is 0.118. The van der Waals surface area contributed by atoms with E-state index in [1.165, 1.54) is 7.11 Å². The second-order valence-electron chi connectivity index (χ2n) is 4.92. The van der Waals surface area contributed by atoms with Gasteiger partial charge in [-0.15, -0.1) is 0 Å². The summed E-state index contributed by atoms with van der Waals surface area (Å²) >= 11 is 0. The highest BCUT2D eigenvalue weighted by Crippen LogP contribution is 2.08. The molecule has 8 nitrogen and oxygen atoms in total. The van der Waals surface area contributed by atoms with Crippen molar-refractivity contribution in [3.05, 3.63) is 10.1 Å². The average Bonchev–Trinajstić information content (AvgIpc) is 2.23. The van der Waals surface area contributed by atoms with Crippen molar-refractivity contribution in [2.24, 2.45) is 0 Å². The maximum atomic E-state index is 11.5. The zero-order valence-corrected chi connectivity index (χ0v) is 11.6. The van der Waals surface area contributed by atoms with Crippen LogP contribution >= 0.6 is 0 Å². The van der Waals surface area contributed by atoms with Gasteiger partial charge in [-0.3, -0.25) is 10.1 Å². The van der Waals surface area contributed by atoms with Crippen molar-refractivity contribution in [2.45, 2.75) is 45.3 Å². The van der Waals surface area contributed by atoms with E-state index in [1.54, 1.807) is 20.8 Å². The zero-order valence-electron chi connectivity index (χ0n) is 11.6. The van der Waals surface area contributed by atoms with Crippen molar-refractivity contribution < 1.29 is 24.0 Å². The standard InChI is InChI=1S/C11H20N2O6/c1-11(2,3)19-10(15)12-8(9(14)18-4)6-5-7-13(16)17/h8H,5-7H2,1-4H3,(H,12,15)/t8-/m1/s1. The van der Waals surface area contributed by atoms with Gasteiger partial charge >= 0.3 is 12.1 Å². The van der Waals surface area contributed by atoms with Crippen LogP contribution in [0.2, 0.25) is 0 Å². The van der Waals surface area contributed by atoms with Crippen LogP contribution < -0.4 is 5.32 Å². The molecule has 0 aliphatic carbocycles. The quantitative estimate of drug-likeness (QED) is 0.442. The number of alkyl carbamates (subject to hydrolysis) is 1. The number of hydrogen-bond donors (Lipinski definition) is 1. The summed E-state index contributed by atoms with van der Waals surface area (Å²) in [5.74, 6) is -0.658. The normalized spacial score (nSPS) is 12.4. The summed E-state index contributed by atoms with van der Waals surface area (Å²) in [6.45, 7) is 4.79. The maximum absolute atomic E-state index is 11.5. The predicted molar refractivity (Wildman–Crippen MR) is 66.3 cm³/mol. The number of carbonyl (C=O) groups excluding carboxylic acids is 2. The molecule has 1 N–H and O–H groups in total. The Kier molecular flexibility index (Phi) is 6.81. The van der Waals surface area contributed by atoms with Crippen LogP contribution in [-0.4, -0.2) is 42.3 Å². The highest BCUT2D eigenvalue weighted by molar-refractivity contribution is 5.81. The number of nitrogens with one attached hydrogen (secondary N) is 1. The van der Waals surface area contributed by atoms with Crippen molar-refractivity contribution in [2.75, 3.05) is 13.7 Å². The lowest BCUT2D eigenvalue weighted by Gasteiger charge is -2.22. The number of amides is 1. The van der Waals surface area contributed by atoms with E-state index in [-0.39, 0.29) is 19.4 Å². The molecule has 19 heavy (non-hydrogen) atoms.